The molecule has 0 amide bonds. The van der Waals surface area contributed by atoms with E-state index >= 15 is 0 Å². The number of piperidine rings is 1. The molecule has 2 N–H and O–H groups in total. The number of nitrogens with zero attached hydrogens (tertiary/aromatic N) is 3. The van der Waals surface area contributed by atoms with Gasteiger partial charge in [0.15, 0.2) is 5.03 Å². The van der Waals surface area contributed by atoms with E-state index in [0.29, 0.717) is 13.1 Å². The van der Waals surface area contributed by atoms with Gasteiger partial charge >= 0.3 is 0 Å². The summed E-state index contributed by atoms with van der Waals surface area (Å²) < 4.78 is 28.2. The van der Waals surface area contributed by atoms with E-state index in [4.69, 9.17) is 17.3 Å². The Kier molecular flexibility index (Phi) is 4.20. The average Bonchev–Trinajstić information content (AvgIpc) is 2.70. The second-order valence-corrected chi connectivity index (χ2v) is 7.17. The maximum atomic E-state index is 12.6. The molecule has 2 rings (SSSR count). The minimum absolute atomic E-state index is 0.00690. The molecule has 1 aliphatic heterocycles. The Balaban J connectivity index is 2.37. The molecule has 19 heavy (non-hydrogen) atoms. The molecular weight excluding hydrogens is 288 g/mol. The highest BCUT2D eigenvalue weighted by molar-refractivity contribution is 7.89. The van der Waals surface area contributed by atoms with E-state index in [-0.39, 0.29) is 22.3 Å². The summed E-state index contributed by atoms with van der Waals surface area (Å²) in [5.74, 6) is 0.257. The Morgan fingerprint density at radius 2 is 2.26 bits per heavy atom. The molecule has 0 spiro atoms. The van der Waals surface area contributed by atoms with Crippen molar-refractivity contribution in [3.8, 4) is 0 Å². The molecule has 0 bridgehead atoms. The summed E-state index contributed by atoms with van der Waals surface area (Å²) in [5, 5.41) is 0.153. The smallest absolute Gasteiger partial charge is 0.262 e. The topological polar surface area (TPSA) is 81.2 Å². The van der Waals surface area contributed by atoms with Crippen LogP contribution in [-0.4, -0.2) is 41.4 Å². The molecule has 0 radical (unpaired) electrons. The minimum Gasteiger partial charge on any atom is -0.329 e. The van der Waals surface area contributed by atoms with Gasteiger partial charge < -0.3 is 10.3 Å². The normalized spacial score (nSPS) is 25.7. The van der Waals surface area contributed by atoms with Crippen LogP contribution < -0.4 is 5.73 Å². The summed E-state index contributed by atoms with van der Waals surface area (Å²) in [5.41, 5.74) is 5.74. The van der Waals surface area contributed by atoms with Gasteiger partial charge in [-0.1, -0.05) is 6.92 Å². The van der Waals surface area contributed by atoms with Crippen LogP contribution in [-0.2, 0) is 17.1 Å². The van der Waals surface area contributed by atoms with Gasteiger partial charge in [0.1, 0.15) is 0 Å². The summed E-state index contributed by atoms with van der Waals surface area (Å²) >= 11 is 5.82. The molecule has 1 saturated heterocycles. The molecule has 1 fully saturated rings. The fourth-order valence-corrected chi connectivity index (χ4v) is 4.46. The number of sulfonamides is 1. The van der Waals surface area contributed by atoms with Crippen molar-refractivity contribution in [3.05, 3.63) is 11.5 Å². The standard InChI is InChI=1S/C11H19ClN4O2S/c1-8-4-3-5-16(9(8)6-13)19(17,18)10-7-15(2)11(12)14-10/h7-9H,3-6,13H2,1-2H3/t8-,9+/m1/s1. The van der Waals surface area contributed by atoms with Crippen molar-refractivity contribution in [3.63, 3.8) is 0 Å². The van der Waals surface area contributed by atoms with Gasteiger partial charge in [0.2, 0.25) is 5.28 Å². The first-order valence-corrected chi connectivity index (χ1v) is 8.10. The Bertz CT molecular complexity index is 538. The van der Waals surface area contributed by atoms with E-state index < -0.39 is 10.0 Å². The molecule has 1 aromatic rings. The second-order valence-electron chi connectivity index (χ2n) is 5.00. The minimum atomic E-state index is -3.62. The van der Waals surface area contributed by atoms with Crippen LogP contribution in [0, 0.1) is 5.92 Å². The van der Waals surface area contributed by atoms with Gasteiger partial charge in [-0.2, -0.15) is 4.31 Å². The van der Waals surface area contributed by atoms with Crippen molar-refractivity contribution in [2.24, 2.45) is 18.7 Å². The third-order valence-electron chi connectivity index (χ3n) is 3.68. The number of rotatable bonds is 3. The lowest BCUT2D eigenvalue weighted by Gasteiger charge is -2.37. The molecule has 6 nitrogen and oxygen atoms in total. The van der Waals surface area contributed by atoms with E-state index in [1.165, 1.54) is 15.1 Å². The number of aryl methyl sites for hydroxylation is 1. The first-order chi connectivity index (χ1) is 8.87. The van der Waals surface area contributed by atoms with Crippen molar-refractivity contribution >= 4 is 21.6 Å². The second kappa shape index (κ2) is 5.40. The summed E-state index contributed by atoms with van der Waals surface area (Å²) in [6, 6.07) is -0.167. The first kappa shape index (κ1) is 14.8. The van der Waals surface area contributed by atoms with Crippen molar-refractivity contribution in [2.75, 3.05) is 13.1 Å². The Morgan fingerprint density at radius 3 is 2.79 bits per heavy atom. The molecule has 8 heteroatoms. The molecule has 0 aliphatic carbocycles. The molecule has 2 heterocycles. The van der Waals surface area contributed by atoms with E-state index in [1.807, 2.05) is 6.92 Å². The molecule has 1 aliphatic rings. The van der Waals surface area contributed by atoms with Crippen LogP contribution in [0.5, 0.6) is 0 Å². The third-order valence-corrected chi connectivity index (χ3v) is 5.82. The monoisotopic (exact) mass is 306 g/mol. The number of aromatic nitrogens is 2. The van der Waals surface area contributed by atoms with E-state index in [0.717, 1.165) is 12.8 Å². The van der Waals surface area contributed by atoms with Gasteiger partial charge in [-0.05, 0) is 30.4 Å². The quantitative estimate of drug-likeness (QED) is 0.896. The van der Waals surface area contributed by atoms with E-state index in [2.05, 4.69) is 4.98 Å². The number of imidazole rings is 1. The lowest BCUT2D eigenvalue weighted by atomic mass is 9.93. The zero-order chi connectivity index (χ0) is 14.2. The fourth-order valence-electron chi connectivity index (χ4n) is 2.52. The van der Waals surface area contributed by atoms with E-state index in [1.54, 1.807) is 7.05 Å². The van der Waals surface area contributed by atoms with Gasteiger partial charge in [0.25, 0.3) is 10.0 Å². The van der Waals surface area contributed by atoms with Gasteiger partial charge in [0.05, 0.1) is 0 Å². The zero-order valence-electron chi connectivity index (χ0n) is 11.1. The Morgan fingerprint density at radius 1 is 1.58 bits per heavy atom. The largest absolute Gasteiger partial charge is 0.329 e. The average molecular weight is 307 g/mol. The number of hydrogen-bond donors (Lipinski definition) is 1. The molecule has 108 valence electrons. The van der Waals surface area contributed by atoms with Crippen LogP contribution in [0.1, 0.15) is 19.8 Å². The summed E-state index contributed by atoms with van der Waals surface area (Å²) in [7, 11) is -1.96. The highest BCUT2D eigenvalue weighted by Gasteiger charge is 2.37. The molecule has 0 aromatic carbocycles. The predicted molar refractivity (Wildman–Crippen MR) is 73.4 cm³/mol. The highest BCUT2D eigenvalue weighted by atomic mass is 35.5. The van der Waals surface area contributed by atoms with Crippen LogP contribution in [0.15, 0.2) is 11.2 Å². The Hall–Kier alpha value is -0.630. The van der Waals surface area contributed by atoms with Gasteiger partial charge in [-0.3, -0.25) is 0 Å². The van der Waals surface area contributed by atoms with Crippen LogP contribution in [0.25, 0.3) is 0 Å². The Labute approximate surface area is 118 Å². The van der Waals surface area contributed by atoms with Gasteiger partial charge in [-0.25, -0.2) is 13.4 Å². The number of hydrogen-bond acceptors (Lipinski definition) is 4. The van der Waals surface area contributed by atoms with E-state index in [9.17, 15) is 8.42 Å². The zero-order valence-corrected chi connectivity index (χ0v) is 12.7. The fraction of sp³-hybridized carbons (Fsp3) is 0.727. The summed E-state index contributed by atoms with van der Waals surface area (Å²) in [6.45, 7) is 2.84. The van der Waals surface area contributed by atoms with Crippen molar-refractivity contribution in [2.45, 2.75) is 30.8 Å². The number of nitrogens with two attached hydrogens (primary N) is 1. The molecule has 2 atom stereocenters. The maximum absolute atomic E-state index is 12.6. The van der Waals surface area contributed by atoms with Crippen molar-refractivity contribution in [1.82, 2.24) is 13.9 Å². The van der Waals surface area contributed by atoms with Crippen molar-refractivity contribution < 1.29 is 8.42 Å². The lowest BCUT2D eigenvalue weighted by molar-refractivity contribution is 0.192. The van der Waals surface area contributed by atoms with Gasteiger partial charge in [0, 0.05) is 32.4 Å². The lowest BCUT2D eigenvalue weighted by Crippen LogP contribution is -2.51. The third kappa shape index (κ3) is 2.65. The summed E-state index contributed by atoms with van der Waals surface area (Å²) in [6.07, 6.45) is 3.28. The summed E-state index contributed by atoms with van der Waals surface area (Å²) in [4.78, 5) is 3.91. The molecular formula is C11H19ClN4O2S. The van der Waals surface area contributed by atoms with Crippen LogP contribution >= 0.6 is 11.6 Å². The van der Waals surface area contributed by atoms with Crippen molar-refractivity contribution in [1.29, 1.82) is 0 Å². The molecule has 0 saturated carbocycles. The van der Waals surface area contributed by atoms with Crippen LogP contribution in [0.3, 0.4) is 0 Å². The van der Waals surface area contributed by atoms with Crippen LogP contribution in [0.4, 0.5) is 0 Å². The molecule has 0 unspecified atom stereocenters. The maximum Gasteiger partial charge on any atom is 0.262 e. The van der Waals surface area contributed by atoms with Gasteiger partial charge in [-0.15, -0.1) is 0 Å². The predicted octanol–water partition coefficient (Wildman–Crippen LogP) is 0.821. The van der Waals surface area contributed by atoms with Crippen LogP contribution in [0.2, 0.25) is 5.28 Å². The molecule has 1 aromatic heterocycles. The number of halogens is 1. The first-order valence-electron chi connectivity index (χ1n) is 6.28. The highest BCUT2D eigenvalue weighted by Crippen LogP contribution is 2.28. The SMILES string of the molecule is C[C@@H]1CCCN(S(=O)(=O)c2cn(C)c(Cl)n2)[C@H]1CN.